The van der Waals surface area contributed by atoms with Crippen molar-refractivity contribution in [2.75, 3.05) is 37.6 Å². The van der Waals surface area contributed by atoms with Gasteiger partial charge in [0.25, 0.3) is 0 Å². The lowest BCUT2D eigenvalue weighted by Crippen LogP contribution is -2.47. The molecule has 2 aromatic carbocycles. The zero-order chi connectivity index (χ0) is 22.2. The quantitative estimate of drug-likeness (QED) is 0.331. The van der Waals surface area contributed by atoms with Crippen molar-refractivity contribution in [1.29, 1.82) is 0 Å². The number of nitrogens with two attached hydrogens (primary N) is 1. The topological polar surface area (TPSA) is 69.8 Å². The molecule has 0 amide bonds. The van der Waals surface area contributed by atoms with Crippen LogP contribution < -0.4 is 16.1 Å². The van der Waals surface area contributed by atoms with Crippen molar-refractivity contribution < 1.29 is 0 Å². The molecule has 0 spiro atoms. The molecule has 0 bridgehead atoms. The van der Waals surface area contributed by atoms with Gasteiger partial charge in [-0.3, -0.25) is 10.3 Å². The van der Waals surface area contributed by atoms with Gasteiger partial charge in [-0.05, 0) is 53.5 Å². The third kappa shape index (κ3) is 6.12. The Bertz CT molecular complexity index is 1040. The summed E-state index contributed by atoms with van der Waals surface area (Å²) in [5.74, 6) is 1.04. The van der Waals surface area contributed by atoms with E-state index in [9.17, 15) is 0 Å². The minimum absolute atomic E-state index is 0.147. The Kier molecular flexibility index (Phi) is 7.42. The number of nitrogens with zero attached hydrogens (tertiary/aromatic N) is 4. The maximum absolute atomic E-state index is 5.39. The monoisotopic (exact) mass is 444 g/mol. The Morgan fingerprint density at radius 3 is 2.53 bits per heavy atom. The Morgan fingerprint density at radius 2 is 1.81 bits per heavy atom. The van der Waals surface area contributed by atoms with Crippen LogP contribution in [0.4, 0.5) is 5.82 Å². The molecule has 6 nitrogen and oxygen atoms in total. The lowest BCUT2D eigenvalue weighted by molar-refractivity contribution is 0.260. The minimum atomic E-state index is 0.147. The van der Waals surface area contributed by atoms with Crippen LogP contribution in [0.2, 0.25) is 0 Å². The number of hydrogen-bond acceptors (Lipinski definition) is 5. The first-order chi connectivity index (χ1) is 15.7. The van der Waals surface area contributed by atoms with E-state index in [0.29, 0.717) is 0 Å². The van der Waals surface area contributed by atoms with Crippen molar-refractivity contribution in [1.82, 2.24) is 15.3 Å². The van der Waals surface area contributed by atoms with Crippen LogP contribution in [0.5, 0.6) is 0 Å². The third-order valence-electron chi connectivity index (χ3n) is 5.61. The zero-order valence-electron chi connectivity index (χ0n) is 18.0. The maximum Gasteiger partial charge on any atom is 0.184 e. The van der Waals surface area contributed by atoms with Gasteiger partial charge < -0.3 is 10.6 Å². The van der Waals surface area contributed by atoms with E-state index in [2.05, 4.69) is 74.9 Å². The average Bonchev–Trinajstić information content (AvgIpc) is 2.84. The van der Waals surface area contributed by atoms with Crippen LogP contribution in [-0.2, 0) is 6.42 Å². The second-order valence-electron chi connectivity index (χ2n) is 7.83. The van der Waals surface area contributed by atoms with Crippen LogP contribution >= 0.6 is 12.2 Å². The van der Waals surface area contributed by atoms with E-state index in [1.807, 2.05) is 18.3 Å². The molecule has 4 rings (SSSR count). The molecule has 0 saturated carbocycles. The van der Waals surface area contributed by atoms with E-state index in [-0.39, 0.29) is 5.11 Å². The molecule has 0 radical (unpaired) electrons. The predicted octanol–water partition coefficient (Wildman–Crippen LogP) is 3.28. The van der Waals surface area contributed by atoms with Gasteiger partial charge in [-0.2, -0.15) is 5.10 Å². The molecule has 3 aromatic rings. The number of nitrogens with one attached hydrogen (secondary N) is 1. The first-order valence-corrected chi connectivity index (χ1v) is 11.2. The van der Waals surface area contributed by atoms with Crippen molar-refractivity contribution in [2.45, 2.75) is 6.42 Å². The molecule has 3 N–H and O–H groups in total. The number of benzene rings is 2. The molecule has 1 fully saturated rings. The number of piperazine rings is 1. The number of hydrazone groups is 1. The third-order valence-corrected chi connectivity index (χ3v) is 5.70. The summed E-state index contributed by atoms with van der Waals surface area (Å²) in [6.45, 7) is 5.25. The van der Waals surface area contributed by atoms with Gasteiger partial charge >= 0.3 is 0 Å². The number of pyridine rings is 1. The number of aromatic nitrogens is 1. The van der Waals surface area contributed by atoms with E-state index in [1.54, 1.807) is 6.21 Å². The van der Waals surface area contributed by atoms with Crippen LogP contribution in [0.15, 0.2) is 78.0 Å². The standard InChI is InChI=1S/C25H28N6S/c26-25(32)29-28-18-21-7-4-8-22(17-21)23-9-10-24(27-19-23)31-15-13-30(14-16-31)12-11-20-5-2-1-3-6-20/h1-10,17-19H,11-16H2,(H3,26,29,32). The van der Waals surface area contributed by atoms with E-state index < -0.39 is 0 Å². The van der Waals surface area contributed by atoms with Crippen LogP contribution in [0.25, 0.3) is 11.1 Å². The molecule has 1 aliphatic rings. The smallest absolute Gasteiger partial charge is 0.184 e. The van der Waals surface area contributed by atoms with E-state index in [1.165, 1.54) is 5.56 Å². The molecule has 1 saturated heterocycles. The van der Waals surface area contributed by atoms with Gasteiger partial charge in [0.05, 0.1) is 6.21 Å². The van der Waals surface area contributed by atoms with Crippen molar-refractivity contribution in [3.05, 3.63) is 84.1 Å². The molecule has 2 heterocycles. The van der Waals surface area contributed by atoms with Gasteiger partial charge in [0, 0.05) is 44.5 Å². The number of thiocarbonyl (C=S) groups is 1. The van der Waals surface area contributed by atoms with Crippen LogP contribution in [0.1, 0.15) is 11.1 Å². The van der Waals surface area contributed by atoms with Crippen molar-refractivity contribution in [3.8, 4) is 11.1 Å². The molecule has 164 valence electrons. The van der Waals surface area contributed by atoms with Crippen molar-refractivity contribution in [2.24, 2.45) is 10.8 Å². The minimum Gasteiger partial charge on any atom is -0.375 e. The fraction of sp³-hybridized carbons (Fsp3) is 0.240. The summed E-state index contributed by atoms with van der Waals surface area (Å²) in [5, 5.41) is 4.17. The summed E-state index contributed by atoms with van der Waals surface area (Å²) in [4.78, 5) is 9.65. The fourth-order valence-electron chi connectivity index (χ4n) is 3.85. The fourth-order valence-corrected chi connectivity index (χ4v) is 3.90. The predicted molar refractivity (Wildman–Crippen MR) is 136 cm³/mol. The summed E-state index contributed by atoms with van der Waals surface area (Å²) in [7, 11) is 0. The van der Waals surface area contributed by atoms with Gasteiger partial charge in [-0.1, -0.05) is 48.5 Å². The molecular weight excluding hydrogens is 416 g/mol. The molecule has 0 atom stereocenters. The summed E-state index contributed by atoms with van der Waals surface area (Å²) in [5.41, 5.74) is 12.5. The Balaban J connectivity index is 1.31. The first-order valence-electron chi connectivity index (χ1n) is 10.8. The van der Waals surface area contributed by atoms with Crippen LogP contribution in [0, 0.1) is 0 Å². The van der Waals surface area contributed by atoms with Gasteiger partial charge in [0.2, 0.25) is 0 Å². The molecule has 32 heavy (non-hydrogen) atoms. The Hall–Kier alpha value is -3.29. The Labute approximate surface area is 194 Å². The number of anilines is 1. The second kappa shape index (κ2) is 10.8. The SMILES string of the molecule is NC(=S)NN=Cc1cccc(-c2ccc(N3CCN(CCc4ccccc4)CC3)nc2)c1. The summed E-state index contributed by atoms with van der Waals surface area (Å²) in [6.07, 6.45) is 4.74. The van der Waals surface area contributed by atoms with Gasteiger partial charge in [-0.15, -0.1) is 0 Å². The highest BCUT2D eigenvalue weighted by molar-refractivity contribution is 7.80. The number of hydrogen-bond donors (Lipinski definition) is 2. The number of rotatable bonds is 7. The maximum atomic E-state index is 5.39. The lowest BCUT2D eigenvalue weighted by Gasteiger charge is -2.35. The van der Waals surface area contributed by atoms with Gasteiger partial charge in [0.15, 0.2) is 5.11 Å². The largest absolute Gasteiger partial charge is 0.375 e. The highest BCUT2D eigenvalue weighted by atomic mass is 32.1. The molecule has 1 aromatic heterocycles. The van der Waals surface area contributed by atoms with Crippen molar-refractivity contribution >= 4 is 29.4 Å². The molecule has 7 heteroatoms. The summed E-state index contributed by atoms with van der Waals surface area (Å²) >= 11 is 4.76. The zero-order valence-corrected chi connectivity index (χ0v) is 18.8. The first kappa shape index (κ1) is 21.9. The lowest BCUT2D eigenvalue weighted by atomic mass is 10.1. The summed E-state index contributed by atoms with van der Waals surface area (Å²) < 4.78 is 0. The highest BCUT2D eigenvalue weighted by Crippen LogP contribution is 2.22. The van der Waals surface area contributed by atoms with Gasteiger partial charge in [0.1, 0.15) is 5.82 Å². The average molecular weight is 445 g/mol. The second-order valence-corrected chi connectivity index (χ2v) is 8.27. The highest BCUT2D eigenvalue weighted by Gasteiger charge is 2.17. The molecule has 1 aliphatic heterocycles. The Morgan fingerprint density at radius 1 is 1.00 bits per heavy atom. The summed E-state index contributed by atoms with van der Waals surface area (Å²) in [6, 6.07) is 23.1. The van der Waals surface area contributed by atoms with Gasteiger partial charge in [-0.25, -0.2) is 4.98 Å². The molecular formula is C25H28N6S. The van der Waals surface area contributed by atoms with E-state index in [4.69, 9.17) is 22.9 Å². The molecule has 0 aliphatic carbocycles. The van der Waals surface area contributed by atoms with E-state index in [0.717, 1.165) is 61.7 Å². The van der Waals surface area contributed by atoms with Crippen LogP contribution in [0.3, 0.4) is 0 Å². The normalized spacial score (nSPS) is 14.6. The van der Waals surface area contributed by atoms with E-state index >= 15 is 0 Å². The van der Waals surface area contributed by atoms with Crippen LogP contribution in [-0.4, -0.2) is 53.9 Å². The molecule has 0 unspecified atom stereocenters. The van der Waals surface area contributed by atoms with Crippen molar-refractivity contribution in [3.63, 3.8) is 0 Å².